The zero-order chi connectivity index (χ0) is 15.8. The van der Waals surface area contributed by atoms with Crippen LogP contribution in [0.1, 0.15) is 17.1 Å². The summed E-state index contributed by atoms with van der Waals surface area (Å²) in [4.78, 5) is 4.26. The van der Waals surface area contributed by atoms with Crippen molar-refractivity contribution in [1.82, 2.24) is 19.6 Å². The SMILES string of the molecule is Cc1cccc2nc(-c3nnc(Cc4ccccc4)o3)c(F)n12. The molecule has 0 amide bonds. The largest absolute Gasteiger partial charge is 0.419 e. The van der Waals surface area contributed by atoms with E-state index >= 15 is 0 Å². The Morgan fingerprint density at radius 3 is 2.65 bits per heavy atom. The first-order chi connectivity index (χ1) is 11.2. The maximum absolute atomic E-state index is 14.6. The highest BCUT2D eigenvalue weighted by atomic mass is 19.1. The van der Waals surface area contributed by atoms with E-state index in [0.29, 0.717) is 18.0 Å². The molecule has 0 unspecified atom stereocenters. The molecule has 3 heterocycles. The minimum absolute atomic E-state index is 0.0751. The van der Waals surface area contributed by atoms with E-state index < -0.39 is 5.95 Å². The average Bonchev–Trinajstić information content (AvgIpc) is 3.14. The van der Waals surface area contributed by atoms with Crippen molar-refractivity contribution in [3.8, 4) is 11.6 Å². The van der Waals surface area contributed by atoms with Crippen LogP contribution in [0.15, 0.2) is 52.9 Å². The Balaban J connectivity index is 1.72. The van der Waals surface area contributed by atoms with Crippen LogP contribution in [-0.2, 0) is 6.42 Å². The maximum atomic E-state index is 14.6. The van der Waals surface area contributed by atoms with Crippen LogP contribution in [0.2, 0.25) is 0 Å². The van der Waals surface area contributed by atoms with Gasteiger partial charge in [0.25, 0.3) is 5.89 Å². The van der Waals surface area contributed by atoms with Crippen LogP contribution in [0.25, 0.3) is 17.2 Å². The Kier molecular flexibility index (Phi) is 3.15. The lowest BCUT2D eigenvalue weighted by atomic mass is 10.2. The standard InChI is InChI=1S/C17H13FN4O/c1-11-6-5-9-13-19-15(16(18)22(11)13)17-21-20-14(23-17)10-12-7-3-2-4-8-12/h2-9H,10H2,1H3. The van der Waals surface area contributed by atoms with Crippen molar-refractivity contribution in [2.45, 2.75) is 13.3 Å². The summed E-state index contributed by atoms with van der Waals surface area (Å²) < 4.78 is 21.6. The van der Waals surface area contributed by atoms with E-state index in [1.807, 2.05) is 49.4 Å². The Bertz CT molecular complexity index is 975. The minimum atomic E-state index is -0.493. The molecular weight excluding hydrogens is 295 g/mol. The molecule has 5 nitrogen and oxygen atoms in total. The van der Waals surface area contributed by atoms with Crippen molar-refractivity contribution in [2.75, 3.05) is 0 Å². The third-order valence-electron chi connectivity index (χ3n) is 3.65. The normalized spacial score (nSPS) is 11.2. The van der Waals surface area contributed by atoms with Gasteiger partial charge in [0.1, 0.15) is 5.65 Å². The maximum Gasteiger partial charge on any atom is 0.271 e. The minimum Gasteiger partial charge on any atom is -0.419 e. The van der Waals surface area contributed by atoms with Crippen molar-refractivity contribution < 1.29 is 8.81 Å². The van der Waals surface area contributed by atoms with Crippen molar-refractivity contribution in [1.29, 1.82) is 0 Å². The van der Waals surface area contributed by atoms with Crippen LogP contribution in [0.3, 0.4) is 0 Å². The first kappa shape index (κ1) is 13.6. The van der Waals surface area contributed by atoms with E-state index in [-0.39, 0.29) is 11.6 Å². The second kappa shape index (κ2) is 5.31. The number of benzene rings is 1. The second-order valence-electron chi connectivity index (χ2n) is 5.28. The predicted molar refractivity (Wildman–Crippen MR) is 82.4 cm³/mol. The molecule has 0 bridgehead atoms. The van der Waals surface area contributed by atoms with Gasteiger partial charge in [0.15, 0.2) is 5.69 Å². The number of hydrogen-bond donors (Lipinski definition) is 0. The van der Waals surface area contributed by atoms with Gasteiger partial charge < -0.3 is 4.42 Å². The number of imidazole rings is 1. The van der Waals surface area contributed by atoms with Gasteiger partial charge in [0, 0.05) is 5.69 Å². The Labute approximate surface area is 131 Å². The van der Waals surface area contributed by atoms with E-state index in [2.05, 4.69) is 15.2 Å². The zero-order valence-corrected chi connectivity index (χ0v) is 12.4. The number of halogens is 1. The fourth-order valence-electron chi connectivity index (χ4n) is 2.54. The van der Waals surface area contributed by atoms with E-state index in [1.54, 1.807) is 6.07 Å². The molecule has 114 valence electrons. The monoisotopic (exact) mass is 308 g/mol. The van der Waals surface area contributed by atoms with E-state index in [0.717, 1.165) is 11.3 Å². The summed E-state index contributed by atoms with van der Waals surface area (Å²) in [5, 5.41) is 7.92. The molecule has 3 aromatic heterocycles. The molecular formula is C17H13FN4O. The van der Waals surface area contributed by atoms with Crippen molar-refractivity contribution in [3.05, 3.63) is 71.6 Å². The number of fused-ring (bicyclic) bond motifs is 1. The van der Waals surface area contributed by atoms with Crippen LogP contribution in [0.4, 0.5) is 4.39 Å². The molecule has 0 aliphatic carbocycles. The summed E-state index contributed by atoms with van der Waals surface area (Å²) in [5.41, 5.74) is 2.39. The van der Waals surface area contributed by atoms with Gasteiger partial charge in [-0.15, -0.1) is 10.2 Å². The van der Waals surface area contributed by atoms with Crippen LogP contribution in [0.5, 0.6) is 0 Å². The number of nitrogens with zero attached hydrogens (tertiary/aromatic N) is 4. The summed E-state index contributed by atoms with van der Waals surface area (Å²) in [6.07, 6.45) is 0.502. The fraction of sp³-hybridized carbons (Fsp3) is 0.118. The molecule has 4 aromatic rings. The van der Waals surface area contributed by atoms with E-state index in [1.165, 1.54) is 4.40 Å². The van der Waals surface area contributed by atoms with Crippen molar-refractivity contribution >= 4 is 5.65 Å². The Morgan fingerprint density at radius 1 is 1.04 bits per heavy atom. The molecule has 1 aromatic carbocycles. The molecule has 0 fully saturated rings. The fourth-order valence-corrected chi connectivity index (χ4v) is 2.54. The molecule has 0 aliphatic rings. The quantitative estimate of drug-likeness (QED) is 0.582. The Morgan fingerprint density at radius 2 is 1.87 bits per heavy atom. The molecule has 0 aliphatic heterocycles. The molecule has 23 heavy (non-hydrogen) atoms. The lowest BCUT2D eigenvalue weighted by Gasteiger charge is -1.97. The molecule has 6 heteroatoms. The first-order valence-corrected chi connectivity index (χ1v) is 7.22. The number of hydrogen-bond acceptors (Lipinski definition) is 4. The lowest BCUT2D eigenvalue weighted by Crippen LogP contribution is -1.93. The number of rotatable bonds is 3. The summed E-state index contributed by atoms with van der Waals surface area (Å²) in [5.74, 6) is 0.0314. The zero-order valence-electron chi connectivity index (χ0n) is 12.4. The Hall–Kier alpha value is -3.02. The van der Waals surface area contributed by atoms with Crippen LogP contribution in [0, 0.1) is 12.9 Å². The van der Waals surface area contributed by atoms with E-state index in [9.17, 15) is 4.39 Å². The van der Waals surface area contributed by atoms with Crippen LogP contribution in [-0.4, -0.2) is 19.6 Å². The molecule has 0 saturated heterocycles. The highest BCUT2D eigenvalue weighted by Gasteiger charge is 2.20. The highest BCUT2D eigenvalue weighted by Crippen LogP contribution is 2.23. The first-order valence-electron chi connectivity index (χ1n) is 7.22. The second-order valence-corrected chi connectivity index (χ2v) is 5.28. The van der Waals surface area contributed by atoms with Gasteiger partial charge in [0.05, 0.1) is 6.42 Å². The average molecular weight is 308 g/mol. The van der Waals surface area contributed by atoms with Gasteiger partial charge in [-0.3, -0.25) is 4.40 Å². The lowest BCUT2D eigenvalue weighted by molar-refractivity contribution is 0.507. The van der Waals surface area contributed by atoms with Crippen molar-refractivity contribution in [2.24, 2.45) is 0 Å². The van der Waals surface area contributed by atoms with Gasteiger partial charge in [-0.25, -0.2) is 4.98 Å². The third kappa shape index (κ3) is 2.38. The predicted octanol–water partition coefficient (Wildman–Crippen LogP) is 3.42. The van der Waals surface area contributed by atoms with Gasteiger partial charge in [-0.1, -0.05) is 36.4 Å². The van der Waals surface area contributed by atoms with E-state index in [4.69, 9.17) is 4.42 Å². The van der Waals surface area contributed by atoms with Crippen LogP contribution >= 0.6 is 0 Å². The third-order valence-corrected chi connectivity index (χ3v) is 3.65. The number of aromatic nitrogens is 4. The summed E-state index contributed by atoms with van der Waals surface area (Å²) in [6.45, 7) is 1.82. The summed E-state index contributed by atoms with van der Waals surface area (Å²) in [7, 11) is 0. The smallest absolute Gasteiger partial charge is 0.271 e. The molecule has 4 rings (SSSR count). The topological polar surface area (TPSA) is 56.2 Å². The molecule has 0 N–H and O–H groups in total. The molecule has 0 saturated carbocycles. The van der Waals surface area contributed by atoms with Crippen LogP contribution < -0.4 is 0 Å². The van der Waals surface area contributed by atoms with Gasteiger partial charge in [-0.05, 0) is 24.6 Å². The van der Waals surface area contributed by atoms with Crippen molar-refractivity contribution in [3.63, 3.8) is 0 Å². The molecule has 0 atom stereocenters. The number of pyridine rings is 1. The summed E-state index contributed by atoms with van der Waals surface area (Å²) in [6, 6.07) is 15.1. The molecule has 0 spiro atoms. The van der Waals surface area contributed by atoms with Gasteiger partial charge >= 0.3 is 0 Å². The van der Waals surface area contributed by atoms with Gasteiger partial charge in [-0.2, -0.15) is 4.39 Å². The number of aryl methyl sites for hydroxylation is 1. The van der Waals surface area contributed by atoms with Gasteiger partial charge in [0.2, 0.25) is 11.8 Å². The summed E-state index contributed by atoms with van der Waals surface area (Å²) >= 11 is 0. The highest BCUT2D eigenvalue weighted by molar-refractivity contribution is 5.55. The molecule has 0 radical (unpaired) electrons.